The van der Waals surface area contributed by atoms with Crippen LogP contribution in [0.4, 0.5) is 5.00 Å². The van der Waals surface area contributed by atoms with Gasteiger partial charge in [-0.05, 0) is 62.8 Å². The second-order valence-electron chi connectivity index (χ2n) is 10.2. The molecule has 5 rings (SSSR count). The minimum absolute atomic E-state index is 0.124. The van der Waals surface area contributed by atoms with E-state index >= 15 is 0 Å². The van der Waals surface area contributed by atoms with Gasteiger partial charge in [-0.2, -0.15) is 0 Å². The van der Waals surface area contributed by atoms with E-state index in [-0.39, 0.29) is 31.6 Å². The van der Waals surface area contributed by atoms with Crippen molar-refractivity contribution < 1.29 is 23.9 Å². The molecule has 1 aliphatic rings. The number of nitrogens with zero attached hydrogens (tertiary/aromatic N) is 3. The summed E-state index contributed by atoms with van der Waals surface area (Å²) in [5.41, 5.74) is 2.62. The third-order valence-electron chi connectivity index (χ3n) is 7.11. The first-order chi connectivity index (χ1) is 21.4. The molecular formula is C32H35N5O5S2. The van der Waals surface area contributed by atoms with Crippen LogP contribution in [0, 0.1) is 0 Å². The Hall–Kier alpha value is -4.16. The summed E-state index contributed by atoms with van der Waals surface area (Å²) in [5, 5.41) is 15.1. The Morgan fingerprint density at radius 1 is 1.05 bits per heavy atom. The molecule has 0 radical (unpaired) electrons. The lowest BCUT2D eigenvalue weighted by Crippen LogP contribution is -2.30. The minimum Gasteiger partial charge on any atom is -0.484 e. The molecule has 0 saturated carbocycles. The van der Waals surface area contributed by atoms with Crippen LogP contribution in [0.3, 0.4) is 0 Å². The Bertz CT molecular complexity index is 1590. The Labute approximate surface area is 264 Å². The van der Waals surface area contributed by atoms with E-state index in [9.17, 15) is 14.4 Å². The smallest absolute Gasteiger partial charge is 0.341 e. The predicted octanol–water partition coefficient (Wildman–Crippen LogP) is 5.06. The summed E-state index contributed by atoms with van der Waals surface area (Å²) in [6.07, 6.45) is 3.42. The third kappa shape index (κ3) is 7.86. The maximum Gasteiger partial charge on any atom is 0.341 e. The highest BCUT2D eigenvalue weighted by atomic mass is 32.2. The van der Waals surface area contributed by atoms with Crippen molar-refractivity contribution in [3.8, 4) is 5.75 Å². The fourth-order valence-corrected chi connectivity index (χ4v) is 7.05. The molecule has 0 aliphatic heterocycles. The standard InChI is InChI=1S/C32H35N5O5S2/c1-3-41-31(40)28-24-15-10-16-25(24)44-30(28)34-29(39)21(2)43-32-36-35-26(37(32)18-17-22-11-6-4-7-12-22)19-33-27(38)20-42-23-13-8-5-9-14-23/h4-9,11-14,21H,3,10,15-20H2,1-2H3,(H,33,38)(H,34,39)/t21-/m0/s1. The SMILES string of the molecule is CCOC(=O)c1c(NC(=O)[C@H](C)Sc2nnc(CNC(=O)COc3ccccc3)n2CCc2ccccc2)sc2c1CCC2. The van der Waals surface area contributed by atoms with Crippen molar-refractivity contribution >= 4 is 45.9 Å². The number of thiophene rings is 1. The van der Waals surface area contributed by atoms with E-state index in [4.69, 9.17) is 9.47 Å². The van der Waals surface area contributed by atoms with E-state index in [1.165, 1.54) is 23.1 Å². The minimum atomic E-state index is -0.539. The van der Waals surface area contributed by atoms with Gasteiger partial charge in [0.05, 0.1) is 24.0 Å². The van der Waals surface area contributed by atoms with Crippen LogP contribution in [0.5, 0.6) is 5.75 Å². The third-order valence-corrected chi connectivity index (χ3v) is 9.39. The van der Waals surface area contributed by atoms with Crippen molar-refractivity contribution in [2.45, 2.75) is 63.0 Å². The van der Waals surface area contributed by atoms with Gasteiger partial charge in [0.25, 0.3) is 5.91 Å². The zero-order valence-electron chi connectivity index (χ0n) is 24.7. The average Bonchev–Trinajstić information content (AvgIpc) is 3.73. The molecule has 2 aromatic heterocycles. The molecule has 2 amide bonds. The molecule has 44 heavy (non-hydrogen) atoms. The van der Waals surface area contributed by atoms with Gasteiger partial charge in [-0.3, -0.25) is 9.59 Å². The Balaban J connectivity index is 1.26. The molecule has 0 saturated heterocycles. The number of aromatic nitrogens is 3. The van der Waals surface area contributed by atoms with E-state index in [1.54, 1.807) is 26.0 Å². The molecule has 1 aliphatic carbocycles. The second-order valence-corrected chi connectivity index (χ2v) is 12.6. The maximum atomic E-state index is 13.4. The number of nitrogens with one attached hydrogen (secondary N) is 2. The monoisotopic (exact) mass is 633 g/mol. The van der Waals surface area contributed by atoms with Crippen molar-refractivity contribution in [2.75, 3.05) is 18.5 Å². The van der Waals surface area contributed by atoms with Gasteiger partial charge >= 0.3 is 5.97 Å². The Morgan fingerprint density at radius 2 is 1.80 bits per heavy atom. The number of aryl methyl sites for hydroxylation is 2. The van der Waals surface area contributed by atoms with Crippen LogP contribution < -0.4 is 15.4 Å². The number of anilines is 1. The van der Waals surface area contributed by atoms with Crippen molar-refractivity contribution in [3.05, 3.63) is 88.1 Å². The molecule has 10 nitrogen and oxygen atoms in total. The number of carbonyl (C=O) groups excluding carboxylic acids is 3. The lowest BCUT2D eigenvalue weighted by atomic mass is 10.1. The first-order valence-electron chi connectivity index (χ1n) is 14.6. The van der Waals surface area contributed by atoms with E-state index < -0.39 is 11.2 Å². The largest absolute Gasteiger partial charge is 0.484 e. The summed E-state index contributed by atoms with van der Waals surface area (Å²) in [6.45, 7) is 4.43. The molecule has 1 atom stereocenters. The number of hydrogen-bond donors (Lipinski definition) is 2. The molecular weight excluding hydrogens is 599 g/mol. The summed E-state index contributed by atoms with van der Waals surface area (Å²) in [6, 6.07) is 19.2. The van der Waals surface area contributed by atoms with Gasteiger partial charge in [0, 0.05) is 11.4 Å². The lowest BCUT2D eigenvalue weighted by Gasteiger charge is -2.15. The molecule has 2 aromatic carbocycles. The number of ether oxygens (including phenoxy) is 2. The quantitative estimate of drug-likeness (QED) is 0.146. The summed E-state index contributed by atoms with van der Waals surface area (Å²) in [4.78, 5) is 39.8. The van der Waals surface area contributed by atoms with Crippen molar-refractivity contribution in [2.24, 2.45) is 0 Å². The molecule has 0 fully saturated rings. The lowest BCUT2D eigenvalue weighted by molar-refractivity contribution is -0.123. The highest BCUT2D eigenvalue weighted by Gasteiger charge is 2.30. The summed E-state index contributed by atoms with van der Waals surface area (Å²) in [5.74, 6) is 0.258. The number of thioether (sulfide) groups is 1. The number of carbonyl (C=O) groups is 3. The zero-order chi connectivity index (χ0) is 30.9. The van der Waals surface area contributed by atoms with Gasteiger partial charge in [-0.15, -0.1) is 21.5 Å². The Kier molecular flexibility index (Phi) is 10.7. The van der Waals surface area contributed by atoms with E-state index in [0.717, 1.165) is 35.3 Å². The van der Waals surface area contributed by atoms with Gasteiger partial charge in [-0.25, -0.2) is 4.79 Å². The fraction of sp³-hybridized carbons (Fsp3) is 0.344. The Morgan fingerprint density at radius 3 is 2.55 bits per heavy atom. The van der Waals surface area contributed by atoms with Crippen LogP contribution >= 0.6 is 23.1 Å². The van der Waals surface area contributed by atoms with Gasteiger partial charge in [-0.1, -0.05) is 60.3 Å². The van der Waals surface area contributed by atoms with Crippen LogP contribution in [-0.4, -0.2) is 51.0 Å². The average molecular weight is 634 g/mol. The van der Waals surface area contributed by atoms with Gasteiger partial charge in [0.15, 0.2) is 17.6 Å². The number of para-hydroxylation sites is 1. The molecule has 0 spiro atoms. The molecule has 12 heteroatoms. The highest BCUT2D eigenvalue weighted by molar-refractivity contribution is 8.00. The van der Waals surface area contributed by atoms with Crippen LogP contribution in [0.15, 0.2) is 65.8 Å². The van der Waals surface area contributed by atoms with E-state index in [2.05, 4.69) is 33.0 Å². The van der Waals surface area contributed by atoms with Crippen molar-refractivity contribution in [3.63, 3.8) is 0 Å². The molecule has 0 unspecified atom stereocenters. The zero-order valence-corrected chi connectivity index (χ0v) is 26.3. The fourth-order valence-electron chi connectivity index (χ4n) is 4.88. The van der Waals surface area contributed by atoms with E-state index in [1.807, 2.05) is 41.0 Å². The summed E-state index contributed by atoms with van der Waals surface area (Å²) in [7, 11) is 0. The molecule has 2 N–H and O–H groups in total. The normalized spacial score (nSPS) is 12.8. The maximum absolute atomic E-state index is 13.4. The molecule has 2 heterocycles. The first-order valence-corrected chi connectivity index (χ1v) is 16.3. The number of hydrogen-bond acceptors (Lipinski definition) is 9. The van der Waals surface area contributed by atoms with Crippen LogP contribution in [0.2, 0.25) is 0 Å². The number of rotatable bonds is 14. The second kappa shape index (κ2) is 15.0. The molecule has 0 bridgehead atoms. The van der Waals surface area contributed by atoms with Crippen LogP contribution in [0.25, 0.3) is 0 Å². The number of benzene rings is 2. The van der Waals surface area contributed by atoms with Gasteiger partial charge < -0.3 is 24.7 Å². The number of fused-ring (bicyclic) bond motifs is 1. The number of esters is 1. The van der Waals surface area contributed by atoms with Crippen LogP contribution in [-0.2, 0) is 46.7 Å². The first kappa shape index (κ1) is 31.3. The van der Waals surface area contributed by atoms with Gasteiger partial charge in [0.1, 0.15) is 10.8 Å². The predicted molar refractivity (Wildman–Crippen MR) is 170 cm³/mol. The topological polar surface area (TPSA) is 124 Å². The highest BCUT2D eigenvalue weighted by Crippen LogP contribution is 2.40. The molecule has 4 aromatic rings. The van der Waals surface area contributed by atoms with Gasteiger partial charge in [0.2, 0.25) is 5.91 Å². The summed E-state index contributed by atoms with van der Waals surface area (Å²) < 4.78 is 12.8. The van der Waals surface area contributed by atoms with Crippen LogP contribution in [0.1, 0.15) is 52.5 Å². The van der Waals surface area contributed by atoms with Crippen molar-refractivity contribution in [1.82, 2.24) is 20.1 Å². The van der Waals surface area contributed by atoms with E-state index in [0.29, 0.717) is 40.3 Å². The summed E-state index contributed by atoms with van der Waals surface area (Å²) >= 11 is 2.73. The molecule has 230 valence electrons. The van der Waals surface area contributed by atoms with Crippen molar-refractivity contribution in [1.29, 1.82) is 0 Å². The number of amides is 2.